The van der Waals surface area contributed by atoms with Crippen molar-refractivity contribution in [3.05, 3.63) is 29.8 Å². The van der Waals surface area contributed by atoms with Crippen molar-refractivity contribution in [1.82, 2.24) is 0 Å². The molecule has 0 spiro atoms. The zero-order valence-corrected chi connectivity index (χ0v) is 10.9. The highest BCUT2D eigenvalue weighted by molar-refractivity contribution is 5.26. The van der Waals surface area contributed by atoms with E-state index >= 15 is 0 Å². The van der Waals surface area contributed by atoms with Gasteiger partial charge in [-0.15, -0.1) is 0 Å². The molecule has 1 aliphatic carbocycles. The van der Waals surface area contributed by atoms with Crippen LogP contribution in [0.1, 0.15) is 38.2 Å². The molecule has 0 N–H and O–H groups in total. The fraction of sp³-hybridized carbons (Fsp3) is 0.600. The molecule has 0 bridgehead atoms. The molecule has 0 aromatic heterocycles. The van der Waals surface area contributed by atoms with E-state index in [4.69, 9.17) is 9.47 Å². The highest BCUT2D eigenvalue weighted by Gasteiger charge is 2.39. The maximum absolute atomic E-state index is 5.73. The van der Waals surface area contributed by atoms with E-state index in [1.807, 2.05) is 12.1 Å². The van der Waals surface area contributed by atoms with E-state index in [0.29, 0.717) is 12.0 Å². The van der Waals surface area contributed by atoms with Crippen molar-refractivity contribution in [2.24, 2.45) is 5.41 Å². The van der Waals surface area contributed by atoms with Gasteiger partial charge in [-0.1, -0.05) is 25.5 Å². The Balaban J connectivity index is 1.67. The second-order valence-corrected chi connectivity index (χ2v) is 5.00. The predicted octanol–water partition coefficient (Wildman–Crippen LogP) is 3.79. The molecule has 0 aliphatic heterocycles. The van der Waals surface area contributed by atoms with Gasteiger partial charge in [0.25, 0.3) is 0 Å². The van der Waals surface area contributed by atoms with Gasteiger partial charge in [0, 0.05) is 6.61 Å². The molecule has 0 amide bonds. The molecule has 17 heavy (non-hydrogen) atoms. The second-order valence-electron chi connectivity index (χ2n) is 5.00. The minimum atomic E-state index is 0.639. The van der Waals surface area contributed by atoms with Crippen LogP contribution in [0.5, 0.6) is 5.75 Å². The molecule has 0 heterocycles. The minimum absolute atomic E-state index is 0.639. The van der Waals surface area contributed by atoms with Crippen molar-refractivity contribution in [1.29, 1.82) is 0 Å². The molecule has 0 atom stereocenters. The van der Waals surface area contributed by atoms with Crippen LogP contribution in [0.3, 0.4) is 0 Å². The lowest BCUT2D eigenvalue weighted by Crippen LogP contribution is -2.04. The average molecular weight is 234 g/mol. The molecule has 0 radical (unpaired) electrons. The molecule has 1 fully saturated rings. The Hall–Kier alpha value is -1.02. The molecule has 94 valence electrons. The van der Waals surface area contributed by atoms with Crippen molar-refractivity contribution in [2.45, 2.75) is 39.2 Å². The van der Waals surface area contributed by atoms with Gasteiger partial charge in [0.05, 0.1) is 13.7 Å². The lowest BCUT2D eigenvalue weighted by molar-refractivity contribution is 0.103. The molecule has 2 rings (SSSR count). The number of ether oxygens (including phenoxy) is 2. The van der Waals surface area contributed by atoms with Crippen molar-refractivity contribution in [2.75, 3.05) is 13.7 Å². The van der Waals surface area contributed by atoms with Gasteiger partial charge in [0.1, 0.15) is 5.75 Å². The highest BCUT2D eigenvalue weighted by Crippen LogP contribution is 2.51. The van der Waals surface area contributed by atoms with Gasteiger partial charge in [-0.05, 0) is 42.4 Å². The van der Waals surface area contributed by atoms with Crippen LogP contribution >= 0.6 is 0 Å². The molecular formula is C15H22O2. The lowest BCUT2D eigenvalue weighted by atomic mass is 10.0. The van der Waals surface area contributed by atoms with E-state index in [-0.39, 0.29) is 0 Å². The highest BCUT2D eigenvalue weighted by atomic mass is 16.5. The summed E-state index contributed by atoms with van der Waals surface area (Å²) < 4.78 is 10.9. The SMILES string of the molecule is CCC1(CCOCc2ccc(OC)cc2)CC1. The summed E-state index contributed by atoms with van der Waals surface area (Å²) in [6.45, 7) is 3.89. The number of benzene rings is 1. The molecule has 0 saturated heterocycles. The van der Waals surface area contributed by atoms with Crippen molar-refractivity contribution in [3.8, 4) is 5.75 Å². The van der Waals surface area contributed by atoms with Crippen LogP contribution < -0.4 is 4.74 Å². The molecule has 1 saturated carbocycles. The number of rotatable bonds is 7. The van der Waals surface area contributed by atoms with E-state index in [9.17, 15) is 0 Å². The third kappa shape index (κ3) is 3.47. The van der Waals surface area contributed by atoms with Crippen LogP contribution in [0.25, 0.3) is 0 Å². The number of hydrogen-bond acceptors (Lipinski definition) is 2. The first kappa shape index (κ1) is 12.4. The van der Waals surface area contributed by atoms with Crippen LogP contribution in [-0.2, 0) is 11.3 Å². The summed E-state index contributed by atoms with van der Waals surface area (Å²) >= 11 is 0. The Morgan fingerprint density at radius 2 is 1.88 bits per heavy atom. The summed E-state index contributed by atoms with van der Waals surface area (Å²) in [7, 11) is 1.69. The van der Waals surface area contributed by atoms with Gasteiger partial charge in [-0.25, -0.2) is 0 Å². The largest absolute Gasteiger partial charge is 0.497 e. The first-order valence-electron chi connectivity index (χ1n) is 6.49. The molecule has 1 aromatic carbocycles. The van der Waals surface area contributed by atoms with Gasteiger partial charge in [0.15, 0.2) is 0 Å². The summed E-state index contributed by atoms with van der Waals surface area (Å²) in [5, 5.41) is 0. The van der Waals surface area contributed by atoms with Crippen LogP contribution in [-0.4, -0.2) is 13.7 Å². The quantitative estimate of drug-likeness (QED) is 0.668. The van der Waals surface area contributed by atoms with Crippen LogP contribution in [0.2, 0.25) is 0 Å². The van der Waals surface area contributed by atoms with Gasteiger partial charge in [-0.3, -0.25) is 0 Å². The zero-order valence-electron chi connectivity index (χ0n) is 10.9. The van der Waals surface area contributed by atoms with Crippen molar-refractivity contribution < 1.29 is 9.47 Å². The Morgan fingerprint density at radius 3 is 2.41 bits per heavy atom. The Bertz CT molecular complexity index is 338. The maximum Gasteiger partial charge on any atom is 0.118 e. The molecular weight excluding hydrogens is 212 g/mol. The summed E-state index contributed by atoms with van der Waals surface area (Å²) in [6.07, 6.45) is 5.32. The normalized spacial score (nSPS) is 16.8. The third-order valence-electron chi connectivity index (χ3n) is 3.91. The van der Waals surface area contributed by atoms with Crippen LogP contribution in [0.15, 0.2) is 24.3 Å². The van der Waals surface area contributed by atoms with E-state index in [1.165, 1.54) is 31.2 Å². The van der Waals surface area contributed by atoms with Crippen molar-refractivity contribution in [3.63, 3.8) is 0 Å². The van der Waals surface area contributed by atoms with Crippen LogP contribution in [0.4, 0.5) is 0 Å². The summed E-state index contributed by atoms with van der Waals surface area (Å²) in [5.74, 6) is 0.900. The smallest absolute Gasteiger partial charge is 0.118 e. The minimum Gasteiger partial charge on any atom is -0.497 e. The molecule has 2 heteroatoms. The van der Waals surface area contributed by atoms with Gasteiger partial charge < -0.3 is 9.47 Å². The topological polar surface area (TPSA) is 18.5 Å². The first-order valence-corrected chi connectivity index (χ1v) is 6.49. The number of methoxy groups -OCH3 is 1. The third-order valence-corrected chi connectivity index (χ3v) is 3.91. The monoisotopic (exact) mass is 234 g/mol. The summed E-state index contributed by atoms with van der Waals surface area (Å²) in [5.41, 5.74) is 1.85. The fourth-order valence-corrected chi connectivity index (χ4v) is 2.16. The zero-order chi connectivity index (χ0) is 12.1. The molecule has 1 aliphatic rings. The van der Waals surface area contributed by atoms with Gasteiger partial charge in [-0.2, -0.15) is 0 Å². The summed E-state index contributed by atoms with van der Waals surface area (Å²) in [6, 6.07) is 8.08. The average Bonchev–Trinajstić information content (AvgIpc) is 3.16. The van der Waals surface area contributed by atoms with Crippen LogP contribution in [0, 0.1) is 5.41 Å². The molecule has 2 nitrogen and oxygen atoms in total. The van der Waals surface area contributed by atoms with E-state index in [0.717, 1.165) is 12.4 Å². The van der Waals surface area contributed by atoms with E-state index in [2.05, 4.69) is 19.1 Å². The Labute approximate surface area is 104 Å². The molecule has 1 aromatic rings. The van der Waals surface area contributed by atoms with E-state index < -0.39 is 0 Å². The van der Waals surface area contributed by atoms with Gasteiger partial charge in [0.2, 0.25) is 0 Å². The molecule has 0 unspecified atom stereocenters. The fourth-order valence-electron chi connectivity index (χ4n) is 2.16. The maximum atomic E-state index is 5.73. The number of hydrogen-bond donors (Lipinski definition) is 0. The standard InChI is InChI=1S/C15H22O2/c1-3-15(8-9-15)10-11-17-12-13-4-6-14(16-2)7-5-13/h4-7H,3,8-12H2,1-2H3. The second kappa shape index (κ2) is 5.54. The Morgan fingerprint density at radius 1 is 1.18 bits per heavy atom. The predicted molar refractivity (Wildman–Crippen MR) is 69.2 cm³/mol. The van der Waals surface area contributed by atoms with Crippen molar-refractivity contribution >= 4 is 0 Å². The van der Waals surface area contributed by atoms with Gasteiger partial charge >= 0.3 is 0 Å². The first-order chi connectivity index (χ1) is 8.28. The summed E-state index contributed by atoms with van der Waals surface area (Å²) in [4.78, 5) is 0. The lowest BCUT2D eigenvalue weighted by Gasteiger charge is -2.12. The Kier molecular flexibility index (Phi) is 4.06. The van der Waals surface area contributed by atoms with E-state index in [1.54, 1.807) is 7.11 Å².